The van der Waals surface area contributed by atoms with E-state index < -0.39 is 0 Å². The molecule has 1 aliphatic carbocycles. The van der Waals surface area contributed by atoms with Crippen LogP contribution < -0.4 is 5.32 Å². The lowest BCUT2D eigenvalue weighted by Crippen LogP contribution is -2.11. The van der Waals surface area contributed by atoms with E-state index in [9.17, 15) is 0 Å². The van der Waals surface area contributed by atoms with Crippen LogP contribution in [0.4, 0.5) is 11.8 Å². The van der Waals surface area contributed by atoms with Gasteiger partial charge in [0.2, 0.25) is 5.95 Å². The van der Waals surface area contributed by atoms with E-state index in [1.807, 2.05) is 42.2 Å². The second-order valence-corrected chi connectivity index (χ2v) is 6.94. The smallest absolute Gasteiger partial charge is 0.228 e. The summed E-state index contributed by atoms with van der Waals surface area (Å²) in [6, 6.07) is 5.65. The SMILES string of the molecule is Cc1cnc(Nc2ccccn2)nc1-c1cnn(CC2(Cl)CC2)c1. The van der Waals surface area contributed by atoms with Gasteiger partial charge >= 0.3 is 0 Å². The first kappa shape index (κ1) is 15.1. The molecule has 7 heteroatoms. The van der Waals surface area contributed by atoms with Crippen molar-refractivity contribution in [3.05, 3.63) is 48.5 Å². The van der Waals surface area contributed by atoms with Crippen LogP contribution in [0.15, 0.2) is 43.0 Å². The Bertz CT molecular complexity index is 857. The molecule has 3 aromatic rings. The number of aromatic nitrogens is 5. The number of nitrogens with zero attached hydrogens (tertiary/aromatic N) is 5. The molecule has 0 bridgehead atoms. The van der Waals surface area contributed by atoms with Gasteiger partial charge in [0.05, 0.1) is 23.3 Å². The Kier molecular flexibility index (Phi) is 3.69. The number of aryl methyl sites for hydroxylation is 1. The van der Waals surface area contributed by atoms with Crippen molar-refractivity contribution in [3.63, 3.8) is 0 Å². The highest BCUT2D eigenvalue weighted by Gasteiger charge is 2.41. The third kappa shape index (κ3) is 3.23. The topological polar surface area (TPSA) is 68.5 Å². The van der Waals surface area contributed by atoms with Crippen molar-refractivity contribution in [3.8, 4) is 11.3 Å². The molecule has 0 spiro atoms. The Hall–Kier alpha value is -2.47. The first-order valence-corrected chi connectivity index (χ1v) is 8.23. The summed E-state index contributed by atoms with van der Waals surface area (Å²) in [5.41, 5.74) is 2.81. The minimum atomic E-state index is -0.101. The molecular formula is C17H17ClN6. The molecule has 1 fully saturated rings. The lowest BCUT2D eigenvalue weighted by Gasteiger charge is -2.07. The van der Waals surface area contributed by atoms with Crippen molar-refractivity contribution in [2.24, 2.45) is 0 Å². The number of hydrogen-bond donors (Lipinski definition) is 1. The van der Waals surface area contributed by atoms with Gasteiger partial charge in [-0.2, -0.15) is 5.10 Å². The molecule has 122 valence electrons. The third-order valence-electron chi connectivity index (χ3n) is 4.02. The molecule has 0 amide bonds. The van der Waals surface area contributed by atoms with Crippen LogP contribution in [-0.2, 0) is 6.54 Å². The molecule has 0 aromatic carbocycles. The Morgan fingerprint density at radius 3 is 2.88 bits per heavy atom. The number of rotatable bonds is 5. The van der Waals surface area contributed by atoms with E-state index in [0.29, 0.717) is 11.8 Å². The summed E-state index contributed by atoms with van der Waals surface area (Å²) in [5.74, 6) is 1.22. The number of alkyl halides is 1. The average Bonchev–Trinajstić information content (AvgIpc) is 3.13. The number of hydrogen-bond acceptors (Lipinski definition) is 5. The molecule has 3 heterocycles. The number of halogens is 1. The minimum Gasteiger partial charge on any atom is -0.309 e. The molecule has 24 heavy (non-hydrogen) atoms. The Morgan fingerprint density at radius 1 is 1.25 bits per heavy atom. The summed E-state index contributed by atoms with van der Waals surface area (Å²) < 4.78 is 1.89. The van der Waals surface area contributed by atoms with Crippen molar-refractivity contribution in [1.29, 1.82) is 0 Å². The lowest BCUT2D eigenvalue weighted by molar-refractivity contribution is 0.583. The molecular weight excluding hydrogens is 324 g/mol. The van der Waals surface area contributed by atoms with E-state index >= 15 is 0 Å². The van der Waals surface area contributed by atoms with Gasteiger partial charge in [-0.3, -0.25) is 4.68 Å². The van der Waals surface area contributed by atoms with Gasteiger partial charge in [0.15, 0.2) is 0 Å². The fraction of sp³-hybridized carbons (Fsp3) is 0.294. The van der Waals surface area contributed by atoms with Crippen LogP contribution in [0.1, 0.15) is 18.4 Å². The van der Waals surface area contributed by atoms with Crippen molar-refractivity contribution >= 4 is 23.4 Å². The molecule has 1 N–H and O–H groups in total. The maximum atomic E-state index is 6.38. The van der Waals surface area contributed by atoms with Crippen molar-refractivity contribution in [2.45, 2.75) is 31.2 Å². The van der Waals surface area contributed by atoms with Gasteiger partial charge in [-0.15, -0.1) is 11.6 Å². The van der Waals surface area contributed by atoms with Crippen LogP contribution in [0.25, 0.3) is 11.3 Å². The first-order chi connectivity index (χ1) is 11.6. The van der Waals surface area contributed by atoms with E-state index in [1.54, 1.807) is 12.4 Å². The predicted octanol–water partition coefficient (Wildman–Crippen LogP) is 3.56. The van der Waals surface area contributed by atoms with Crippen molar-refractivity contribution < 1.29 is 0 Å². The van der Waals surface area contributed by atoms with Gasteiger partial charge in [-0.05, 0) is 37.5 Å². The number of pyridine rings is 1. The highest BCUT2D eigenvalue weighted by Crippen LogP contribution is 2.43. The van der Waals surface area contributed by atoms with Crippen molar-refractivity contribution in [2.75, 3.05) is 5.32 Å². The van der Waals surface area contributed by atoms with Gasteiger partial charge in [-0.25, -0.2) is 15.0 Å². The van der Waals surface area contributed by atoms with Crippen LogP contribution in [0.5, 0.6) is 0 Å². The normalized spacial score (nSPS) is 15.2. The molecule has 0 unspecified atom stereocenters. The molecule has 4 rings (SSSR count). The molecule has 1 aliphatic rings. The molecule has 0 aliphatic heterocycles. The summed E-state index contributed by atoms with van der Waals surface area (Å²) in [7, 11) is 0. The monoisotopic (exact) mass is 340 g/mol. The quantitative estimate of drug-likeness (QED) is 0.719. The highest BCUT2D eigenvalue weighted by atomic mass is 35.5. The second-order valence-electron chi connectivity index (χ2n) is 6.14. The molecule has 3 aromatic heterocycles. The Balaban J connectivity index is 1.59. The average molecular weight is 341 g/mol. The van der Waals surface area contributed by atoms with Gasteiger partial charge in [-0.1, -0.05) is 6.07 Å². The zero-order chi connectivity index (χ0) is 16.6. The minimum absolute atomic E-state index is 0.101. The number of anilines is 2. The van der Waals surface area contributed by atoms with Crippen LogP contribution in [-0.4, -0.2) is 29.6 Å². The van der Waals surface area contributed by atoms with E-state index in [1.165, 1.54) is 0 Å². The van der Waals surface area contributed by atoms with E-state index in [0.717, 1.165) is 36.2 Å². The summed E-state index contributed by atoms with van der Waals surface area (Å²) >= 11 is 6.38. The molecule has 0 radical (unpaired) electrons. The Morgan fingerprint density at radius 2 is 2.12 bits per heavy atom. The highest BCUT2D eigenvalue weighted by molar-refractivity contribution is 6.25. The third-order valence-corrected chi connectivity index (χ3v) is 4.52. The fourth-order valence-electron chi connectivity index (χ4n) is 2.50. The summed E-state index contributed by atoms with van der Waals surface area (Å²) in [6.07, 6.45) is 9.43. The van der Waals surface area contributed by atoms with Gasteiger partial charge in [0.25, 0.3) is 0 Å². The van der Waals surface area contributed by atoms with Crippen LogP contribution >= 0.6 is 11.6 Å². The zero-order valence-electron chi connectivity index (χ0n) is 13.3. The standard InChI is InChI=1S/C17H17ClN6/c1-12-8-20-16(22-14-4-2-3-7-19-14)23-15(12)13-9-21-24(10-13)11-17(18)5-6-17/h2-4,7-10H,5-6,11H2,1H3,(H,19,20,22,23). The Labute approximate surface area is 144 Å². The molecule has 6 nitrogen and oxygen atoms in total. The van der Waals surface area contributed by atoms with E-state index in [-0.39, 0.29) is 4.87 Å². The zero-order valence-corrected chi connectivity index (χ0v) is 14.0. The van der Waals surface area contributed by atoms with Crippen LogP contribution in [0, 0.1) is 6.92 Å². The summed E-state index contributed by atoms with van der Waals surface area (Å²) in [4.78, 5) is 13.1. The van der Waals surface area contributed by atoms with Gasteiger partial charge in [0.1, 0.15) is 5.82 Å². The van der Waals surface area contributed by atoms with E-state index in [2.05, 4.69) is 25.4 Å². The molecule has 0 atom stereocenters. The predicted molar refractivity (Wildman–Crippen MR) is 93.3 cm³/mol. The first-order valence-electron chi connectivity index (χ1n) is 7.85. The van der Waals surface area contributed by atoms with Gasteiger partial charge < -0.3 is 5.32 Å². The van der Waals surface area contributed by atoms with E-state index in [4.69, 9.17) is 11.6 Å². The molecule has 0 saturated heterocycles. The van der Waals surface area contributed by atoms with Gasteiger partial charge in [0, 0.05) is 24.2 Å². The van der Waals surface area contributed by atoms with Crippen LogP contribution in [0.3, 0.4) is 0 Å². The van der Waals surface area contributed by atoms with Crippen LogP contribution in [0.2, 0.25) is 0 Å². The number of nitrogens with one attached hydrogen (secondary N) is 1. The maximum Gasteiger partial charge on any atom is 0.228 e. The summed E-state index contributed by atoms with van der Waals surface area (Å²) in [6.45, 7) is 2.72. The fourth-order valence-corrected chi connectivity index (χ4v) is 2.72. The maximum absolute atomic E-state index is 6.38. The lowest BCUT2D eigenvalue weighted by atomic mass is 10.1. The van der Waals surface area contributed by atoms with Crippen molar-refractivity contribution in [1.82, 2.24) is 24.7 Å². The summed E-state index contributed by atoms with van der Waals surface area (Å²) in [5, 5.41) is 7.53. The second kappa shape index (κ2) is 5.87. The molecule has 1 saturated carbocycles. The largest absolute Gasteiger partial charge is 0.309 e.